The Bertz CT molecular complexity index is 1350. The molecule has 7 nitrogen and oxygen atoms in total. The molecule has 4 aromatic rings. The normalized spacial score (nSPS) is 14.9. The topological polar surface area (TPSA) is 86.9 Å². The molecule has 8 heteroatoms. The summed E-state index contributed by atoms with van der Waals surface area (Å²) in [6, 6.07) is 14.2. The van der Waals surface area contributed by atoms with Gasteiger partial charge in [0.1, 0.15) is 11.9 Å². The number of halogens is 1. The van der Waals surface area contributed by atoms with Crippen LogP contribution in [0.25, 0.3) is 16.8 Å². The third kappa shape index (κ3) is 4.79. The van der Waals surface area contributed by atoms with Crippen molar-refractivity contribution in [2.24, 2.45) is 10.7 Å². The molecule has 0 bridgehead atoms. The fourth-order valence-corrected chi connectivity index (χ4v) is 4.74. The standard InChI is InChI=1S/C27H30ClN7/c1-18-27-33-32-19(2)35(27)25-12-9-21(22-16-30-34(17-22)14-6-4-3-5-13-29)15-24(25)26(31-18)20-7-10-23(28)11-8-20/h7-12,15-18H,3-6,13-14,29H2,1-2H3/t18-/m0/s1. The molecule has 3 heterocycles. The van der Waals surface area contributed by atoms with Crippen molar-refractivity contribution < 1.29 is 0 Å². The maximum absolute atomic E-state index is 6.18. The molecule has 35 heavy (non-hydrogen) atoms. The van der Waals surface area contributed by atoms with Crippen molar-refractivity contribution in [1.82, 2.24) is 24.5 Å². The molecule has 0 saturated carbocycles. The van der Waals surface area contributed by atoms with E-state index in [9.17, 15) is 0 Å². The Labute approximate surface area is 210 Å². The van der Waals surface area contributed by atoms with Crippen molar-refractivity contribution in [3.05, 3.63) is 82.7 Å². The number of benzene rings is 2. The van der Waals surface area contributed by atoms with E-state index in [1.807, 2.05) is 42.1 Å². The largest absolute Gasteiger partial charge is 0.330 e. The van der Waals surface area contributed by atoms with E-state index < -0.39 is 0 Å². The Balaban J connectivity index is 1.53. The smallest absolute Gasteiger partial charge is 0.162 e. The van der Waals surface area contributed by atoms with E-state index in [1.165, 1.54) is 12.8 Å². The lowest BCUT2D eigenvalue weighted by molar-refractivity contribution is 0.537. The van der Waals surface area contributed by atoms with Crippen molar-refractivity contribution >= 4 is 17.3 Å². The summed E-state index contributed by atoms with van der Waals surface area (Å²) >= 11 is 6.18. The highest BCUT2D eigenvalue weighted by Gasteiger charge is 2.26. The third-order valence-corrected chi connectivity index (χ3v) is 6.72. The summed E-state index contributed by atoms with van der Waals surface area (Å²) in [5.74, 6) is 1.68. The van der Waals surface area contributed by atoms with Gasteiger partial charge in [-0.25, -0.2) is 0 Å². The quantitative estimate of drug-likeness (QED) is 0.331. The Morgan fingerprint density at radius 2 is 1.71 bits per heavy atom. The number of fused-ring (bicyclic) bond motifs is 3. The predicted molar refractivity (Wildman–Crippen MR) is 140 cm³/mol. The van der Waals surface area contributed by atoms with Crippen LogP contribution in [0.1, 0.15) is 61.4 Å². The van der Waals surface area contributed by atoms with Crippen molar-refractivity contribution in [3.63, 3.8) is 0 Å². The first-order valence-corrected chi connectivity index (χ1v) is 12.6. The molecule has 0 saturated heterocycles. The van der Waals surface area contributed by atoms with Gasteiger partial charge in [-0.2, -0.15) is 5.10 Å². The van der Waals surface area contributed by atoms with Gasteiger partial charge in [0, 0.05) is 34.5 Å². The van der Waals surface area contributed by atoms with Crippen LogP contribution in [0, 0.1) is 6.92 Å². The summed E-state index contributed by atoms with van der Waals surface area (Å²) < 4.78 is 4.14. The molecule has 1 aliphatic rings. The van der Waals surface area contributed by atoms with E-state index in [2.05, 4.69) is 51.2 Å². The minimum Gasteiger partial charge on any atom is -0.330 e. The van der Waals surface area contributed by atoms with Crippen molar-refractivity contribution in [3.8, 4) is 16.8 Å². The molecule has 0 spiro atoms. The Kier molecular flexibility index (Phi) is 6.79. The van der Waals surface area contributed by atoms with Crippen molar-refractivity contribution in [2.75, 3.05) is 6.54 Å². The molecule has 0 fully saturated rings. The van der Waals surface area contributed by atoms with Gasteiger partial charge < -0.3 is 5.73 Å². The van der Waals surface area contributed by atoms with Crippen molar-refractivity contribution in [1.29, 1.82) is 0 Å². The van der Waals surface area contributed by atoms with Gasteiger partial charge >= 0.3 is 0 Å². The van der Waals surface area contributed by atoms with Crippen LogP contribution in [-0.4, -0.2) is 36.8 Å². The zero-order chi connectivity index (χ0) is 24.4. The van der Waals surface area contributed by atoms with E-state index >= 15 is 0 Å². The summed E-state index contributed by atoms with van der Waals surface area (Å²) in [6.45, 7) is 5.71. The van der Waals surface area contributed by atoms with Gasteiger partial charge in [0.05, 0.1) is 17.6 Å². The first-order valence-electron chi connectivity index (χ1n) is 12.2. The molecule has 5 rings (SSSR count). The number of unbranched alkanes of at least 4 members (excludes halogenated alkanes) is 3. The summed E-state index contributed by atoms with van der Waals surface area (Å²) in [5, 5.41) is 14.1. The molecule has 2 aromatic heterocycles. The van der Waals surface area contributed by atoms with Crippen LogP contribution in [0.5, 0.6) is 0 Å². The Morgan fingerprint density at radius 3 is 2.51 bits per heavy atom. The number of hydrogen-bond acceptors (Lipinski definition) is 5. The van der Waals surface area contributed by atoms with Crippen LogP contribution in [0.2, 0.25) is 5.02 Å². The fourth-order valence-electron chi connectivity index (χ4n) is 4.61. The number of aryl methyl sites for hydroxylation is 2. The van der Waals surface area contributed by atoms with Gasteiger partial charge in [-0.1, -0.05) is 42.6 Å². The first-order chi connectivity index (χ1) is 17.0. The number of rotatable bonds is 8. The molecule has 0 unspecified atom stereocenters. The summed E-state index contributed by atoms with van der Waals surface area (Å²) in [4.78, 5) is 5.10. The molecule has 180 valence electrons. The molecule has 0 aliphatic carbocycles. The molecule has 0 radical (unpaired) electrons. The Hall–Kier alpha value is -3.29. The highest BCUT2D eigenvalue weighted by molar-refractivity contribution is 6.30. The lowest BCUT2D eigenvalue weighted by Crippen LogP contribution is -2.08. The van der Waals surface area contributed by atoms with Crippen LogP contribution in [-0.2, 0) is 6.54 Å². The van der Waals surface area contributed by atoms with Gasteiger partial charge in [0.15, 0.2) is 5.82 Å². The minimum absolute atomic E-state index is 0.139. The number of nitrogens with two attached hydrogens (primary N) is 1. The zero-order valence-corrected chi connectivity index (χ0v) is 20.9. The fraction of sp³-hybridized carbons (Fsp3) is 0.333. The lowest BCUT2D eigenvalue weighted by Gasteiger charge is -2.14. The molecule has 1 aliphatic heterocycles. The second-order valence-electron chi connectivity index (χ2n) is 9.03. The summed E-state index contributed by atoms with van der Waals surface area (Å²) in [5.41, 5.74) is 11.8. The summed E-state index contributed by atoms with van der Waals surface area (Å²) in [7, 11) is 0. The number of nitrogens with zero attached hydrogens (tertiary/aromatic N) is 6. The summed E-state index contributed by atoms with van der Waals surface area (Å²) in [6.07, 6.45) is 8.60. The number of hydrogen-bond donors (Lipinski definition) is 1. The average molecular weight is 488 g/mol. The third-order valence-electron chi connectivity index (χ3n) is 6.46. The second-order valence-corrected chi connectivity index (χ2v) is 9.46. The van der Waals surface area contributed by atoms with Gasteiger partial charge in [-0.3, -0.25) is 14.2 Å². The van der Waals surface area contributed by atoms with Gasteiger partial charge in [-0.05, 0) is 63.1 Å². The lowest BCUT2D eigenvalue weighted by atomic mass is 9.96. The molecule has 2 aromatic carbocycles. The van der Waals surface area contributed by atoms with E-state index in [4.69, 9.17) is 22.3 Å². The second kappa shape index (κ2) is 10.1. The molecule has 1 atom stereocenters. The molecular formula is C27H30ClN7. The van der Waals surface area contributed by atoms with E-state index in [-0.39, 0.29) is 6.04 Å². The van der Waals surface area contributed by atoms with Gasteiger partial charge in [0.25, 0.3) is 0 Å². The van der Waals surface area contributed by atoms with Crippen LogP contribution in [0.15, 0.2) is 59.9 Å². The van der Waals surface area contributed by atoms with Crippen LogP contribution in [0.3, 0.4) is 0 Å². The highest BCUT2D eigenvalue weighted by atomic mass is 35.5. The van der Waals surface area contributed by atoms with Crippen LogP contribution >= 0.6 is 11.6 Å². The first kappa shape index (κ1) is 23.5. The van der Waals surface area contributed by atoms with E-state index in [0.29, 0.717) is 5.02 Å². The number of aliphatic imine (C=N–C) groups is 1. The number of aromatic nitrogens is 5. The van der Waals surface area contributed by atoms with E-state index in [1.54, 1.807) is 0 Å². The maximum atomic E-state index is 6.18. The zero-order valence-electron chi connectivity index (χ0n) is 20.2. The van der Waals surface area contributed by atoms with Gasteiger partial charge in [-0.15, -0.1) is 10.2 Å². The van der Waals surface area contributed by atoms with Crippen LogP contribution < -0.4 is 5.73 Å². The maximum Gasteiger partial charge on any atom is 0.162 e. The Morgan fingerprint density at radius 1 is 0.943 bits per heavy atom. The van der Waals surface area contributed by atoms with E-state index in [0.717, 1.165) is 71.2 Å². The van der Waals surface area contributed by atoms with Crippen molar-refractivity contribution in [2.45, 2.75) is 52.1 Å². The molecule has 0 amide bonds. The molecular weight excluding hydrogens is 458 g/mol. The highest BCUT2D eigenvalue weighted by Crippen LogP contribution is 2.33. The van der Waals surface area contributed by atoms with Crippen LogP contribution in [0.4, 0.5) is 0 Å². The molecule has 2 N–H and O–H groups in total. The minimum atomic E-state index is -0.139. The monoisotopic (exact) mass is 487 g/mol. The SMILES string of the molecule is Cc1nnc2n1-c1ccc(-c3cnn(CCCCCCN)c3)cc1C(c1ccc(Cl)cc1)=N[C@H]2C. The average Bonchev–Trinajstić information content (AvgIpc) is 3.46. The van der Waals surface area contributed by atoms with Gasteiger partial charge in [0.2, 0.25) is 0 Å². The predicted octanol–water partition coefficient (Wildman–Crippen LogP) is 5.52.